The van der Waals surface area contributed by atoms with Crippen molar-refractivity contribution < 1.29 is 4.79 Å². The van der Waals surface area contributed by atoms with Crippen molar-refractivity contribution in [3.63, 3.8) is 0 Å². The first-order valence-corrected chi connectivity index (χ1v) is 7.97. The molecule has 0 aliphatic heterocycles. The van der Waals surface area contributed by atoms with Crippen LogP contribution in [-0.4, -0.2) is 43.5 Å². The lowest BCUT2D eigenvalue weighted by Gasteiger charge is -2.18. The van der Waals surface area contributed by atoms with Crippen LogP contribution in [-0.2, 0) is 0 Å². The fraction of sp³-hybridized carbons (Fsp3) is 0.588. The number of hydrogen-bond acceptors (Lipinski definition) is 3. The highest BCUT2D eigenvalue weighted by Gasteiger charge is 2.11. The van der Waals surface area contributed by atoms with Gasteiger partial charge in [0.25, 0.3) is 5.91 Å². The number of anilines is 1. The lowest BCUT2D eigenvalue weighted by molar-refractivity contribution is 0.0949. The topological polar surface area (TPSA) is 44.4 Å². The highest BCUT2D eigenvalue weighted by atomic mass is 16.1. The Morgan fingerprint density at radius 3 is 2.48 bits per heavy atom. The number of carbonyl (C=O) groups excluding carboxylic acids is 1. The first-order chi connectivity index (χ1) is 10.1. The minimum atomic E-state index is 0.00413. The Hall–Kier alpha value is -1.55. The van der Waals surface area contributed by atoms with Crippen molar-refractivity contribution in [1.29, 1.82) is 0 Å². The van der Waals surface area contributed by atoms with E-state index in [0.717, 1.165) is 49.4 Å². The lowest BCUT2D eigenvalue weighted by Crippen LogP contribution is -2.35. The van der Waals surface area contributed by atoms with Gasteiger partial charge in [0.15, 0.2) is 0 Å². The van der Waals surface area contributed by atoms with E-state index in [0.29, 0.717) is 6.54 Å². The standard InChI is InChI=1S/C17H29N3O/c1-5-10-18-16-9-8-14(4)13-15(16)17(21)19-11-12-20(6-2)7-3/h8-9,13,18H,5-7,10-12H2,1-4H3,(H,19,21). The average Bonchev–Trinajstić information content (AvgIpc) is 2.50. The van der Waals surface area contributed by atoms with E-state index in [1.807, 2.05) is 25.1 Å². The van der Waals surface area contributed by atoms with E-state index in [-0.39, 0.29) is 5.91 Å². The second kappa shape index (κ2) is 9.40. The molecule has 0 unspecified atom stereocenters. The molecule has 4 heteroatoms. The van der Waals surface area contributed by atoms with Crippen LogP contribution in [0.4, 0.5) is 5.69 Å². The van der Waals surface area contributed by atoms with Crippen LogP contribution in [0, 0.1) is 6.92 Å². The summed E-state index contributed by atoms with van der Waals surface area (Å²) in [5.41, 5.74) is 2.76. The van der Waals surface area contributed by atoms with Gasteiger partial charge in [-0.15, -0.1) is 0 Å². The summed E-state index contributed by atoms with van der Waals surface area (Å²) in [6.45, 7) is 12.9. The van der Waals surface area contributed by atoms with Gasteiger partial charge in [0.1, 0.15) is 0 Å². The molecule has 1 aromatic rings. The number of benzene rings is 1. The normalized spacial score (nSPS) is 10.7. The van der Waals surface area contributed by atoms with Gasteiger partial charge in [0.2, 0.25) is 0 Å². The summed E-state index contributed by atoms with van der Waals surface area (Å²) in [6, 6.07) is 5.97. The van der Waals surface area contributed by atoms with Gasteiger partial charge in [-0.3, -0.25) is 4.79 Å². The molecule has 0 saturated carbocycles. The maximum Gasteiger partial charge on any atom is 0.253 e. The van der Waals surface area contributed by atoms with Crippen molar-refractivity contribution >= 4 is 11.6 Å². The molecule has 0 aliphatic carbocycles. The zero-order valence-electron chi connectivity index (χ0n) is 13.8. The molecule has 0 heterocycles. The van der Waals surface area contributed by atoms with Gasteiger partial charge in [-0.1, -0.05) is 32.4 Å². The molecule has 1 aromatic carbocycles. The summed E-state index contributed by atoms with van der Waals surface area (Å²) in [4.78, 5) is 14.7. The molecule has 1 amide bonds. The molecular weight excluding hydrogens is 262 g/mol. The predicted octanol–water partition coefficient (Wildman–Crippen LogP) is 2.89. The highest BCUT2D eigenvalue weighted by Crippen LogP contribution is 2.17. The minimum absolute atomic E-state index is 0.00413. The van der Waals surface area contributed by atoms with Gasteiger partial charge < -0.3 is 15.5 Å². The number of likely N-dealkylation sites (N-methyl/N-ethyl adjacent to an activating group) is 1. The summed E-state index contributed by atoms with van der Waals surface area (Å²) in [7, 11) is 0. The van der Waals surface area contributed by atoms with E-state index in [2.05, 4.69) is 36.3 Å². The molecule has 21 heavy (non-hydrogen) atoms. The molecular formula is C17H29N3O. The van der Waals surface area contributed by atoms with E-state index in [4.69, 9.17) is 0 Å². The highest BCUT2D eigenvalue weighted by molar-refractivity contribution is 5.99. The first-order valence-electron chi connectivity index (χ1n) is 7.97. The molecule has 0 atom stereocenters. The van der Waals surface area contributed by atoms with Crippen molar-refractivity contribution in [2.24, 2.45) is 0 Å². The number of nitrogens with one attached hydrogen (secondary N) is 2. The number of carbonyl (C=O) groups is 1. The third kappa shape index (κ3) is 5.76. The van der Waals surface area contributed by atoms with Gasteiger partial charge in [-0.25, -0.2) is 0 Å². The molecule has 0 aromatic heterocycles. The summed E-state index contributed by atoms with van der Waals surface area (Å²) in [5.74, 6) is 0.00413. The molecule has 4 nitrogen and oxygen atoms in total. The van der Waals surface area contributed by atoms with Crippen LogP contribution in [0.15, 0.2) is 18.2 Å². The number of amides is 1. The SMILES string of the molecule is CCCNc1ccc(C)cc1C(=O)NCCN(CC)CC. The summed E-state index contributed by atoms with van der Waals surface area (Å²) < 4.78 is 0. The minimum Gasteiger partial charge on any atom is -0.384 e. The fourth-order valence-corrected chi connectivity index (χ4v) is 2.22. The van der Waals surface area contributed by atoms with E-state index in [1.54, 1.807) is 0 Å². The Balaban J connectivity index is 2.65. The Labute approximate surface area is 128 Å². The number of rotatable bonds is 9. The van der Waals surface area contributed by atoms with E-state index < -0.39 is 0 Å². The van der Waals surface area contributed by atoms with Gasteiger partial charge >= 0.3 is 0 Å². The van der Waals surface area contributed by atoms with Gasteiger partial charge in [0, 0.05) is 25.3 Å². The summed E-state index contributed by atoms with van der Waals surface area (Å²) in [5, 5.41) is 6.34. The average molecular weight is 291 g/mol. The quantitative estimate of drug-likeness (QED) is 0.735. The third-order valence-corrected chi connectivity index (χ3v) is 3.59. The molecule has 0 fully saturated rings. The van der Waals surface area contributed by atoms with E-state index in [9.17, 15) is 4.79 Å². The van der Waals surface area contributed by atoms with Crippen molar-refractivity contribution in [3.05, 3.63) is 29.3 Å². The third-order valence-electron chi connectivity index (χ3n) is 3.59. The zero-order chi connectivity index (χ0) is 15.7. The molecule has 0 bridgehead atoms. The lowest BCUT2D eigenvalue weighted by atomic mass is 10.1. The molecule has 0 aliphatic rings. The number of aryl methyl sites for hydroxylation is 1. The Morgan fingerprint density at radius 2 is 1.86 bits per heavy atom. The zero-order valence-corrected chi connectivity index (χ0v) is 13.8. The fourth-order valence-electron chi connectivity index (χ4n) is 2.22. The van der Waals surface area contributed by atoms with Crippen molar-refractivity contribution in [2.75, 3.05) is 38.0 Å². The van der Waals surface area contributed by atoms with Crippen LogP contribution in [0.1, 0.15) is 43.1 Å². The van der Waals surface area contributed by atoms with Crippen LogP contribution in [0.2, 0.25) is 0 Å². The number of hydrogen-bond donors (Lipinski definition) is 2. The maximum absolute atomic E-state index is 12.4. The Morgan fingerprint density at radius 1 is 1.14 bits per heavy atom. The van der Waals surface area contributed by atoms with Crippen molar-refractivity contribution in [2.45, 2.75) is 34.1 Å². The largest absolute Gasteiger partial charge is 0.384 e. The van der Waals surface area contributed by atoms with Crippen LogP contribution in [0.3, 0.4) is 0 Å². The monoisotopic (exact) mass is 291 g/mol. The molecule has 0 saturated heterocycles. The molecule has 0 spiro atoms. The Bertz CT molecular complexity index is 442. The Kier molecular flexibility index (Phi) is 7.83. The second-order valence-electron chi connectivity index (χ2n) is 5.26. The van der Waals surface area contributed by atoms with Gasteiger partial charge in [-0.05, 0) is 38.6 Å². The van der Waals surface area contributed by atoms with Crippen LogP contribution in [0.25, 0.3) is 0 Å². The molecule has 1 rings (SSSR count). The van der Waals surface area contributed by atoms with E-state index in [1.165, 1.54) is 0 Å². The predicted molar refractivity (Wildman–Crippen MR) is 90.1 cm³/mol. The summed E-state index contributed by atoms with van der Waals surface area (Å²) >= 11 is 0. The maximum atomic E-state index is 12.4. The van der Waals surface area contributed by atoms with E-state index >= 15 is 0 Å². The molecule has 0 radical (unpaired) electrons. The molecule has 2 N–H and O–H groups in total. The smallest absolute Gasteiger partial charge is 0.253 e. The first kappa shape index (κ1) is 17.5. The summed E-state index contributed by atoms with van der Waals surface area (Å²) in [6.07, 6.45) is 1.04. The second-order valence-corrected chi connectivity index (χ2v) is 5.26. The van der Waals surface area contributed by atoms with Crippen LogP contribution in [0.5, 0.6) is 0 Å². The van der Waals surface area contributed by atoms with Crippen molar-refractivity contribution in [3.8, 4) is 0 Å². The van der Waals surface area contributed by atoms with Crippen molar-refractivity contribution in [1.82, 2.24) is 10.2 Å². The van der Waals surface area contributed by atoms with Crippen LogP contribution < -0.4 is 10.6 Å². The van der Waals surface area contributed by atoms with Gasteiger partial charge in [-0.2, -0.15) is 0 Å². The number of nitrogens with zero attached hydrogens (tertiary/aromatic N) is 1. The van der Waals surface area contributed by atoms with Gasteiger partial charge in [0.05, 0.1) is 5.56 Å². The van der Waals surface area contributed by atoms with Crippen LogP contribution >= 0.6 is 0 Å². The molecule has 118 valence electrons.